The van der Waals surface area contributed by atoms with Crippen LogP contribution in [0.5, 0.6) is 0 Å². The zero-order valence-corrected chi connectivity index (χ0v) is 15.6. The largest absolute Gasteiger partial charge is 0.464 e. The molecule has 0 unspecified atom stereocenters. The first kappa shape index (κ1) is 17.8. The third kappa shape index (κ3) is 2.81. The number of ether oxygens (including phenoxy) is 1. The van der Waals surface area contributed by atoms with Gasteiger partial charge in [0.15, 0.2) is 0 Å². The van der Waals surface area contributed by atoms with Crippen LogP contribution in [0.25, 0.3) is 6.08 Å². The van der Waals surface area contributed by atoms with Crippen molar-refractivity contribution in [3.05, 3.63) is 125 Å². The standard InChI is InChI=1S/C25H21NO2/c1-18-23(24(26)27)25(20-13-7-3-8-14-20,21-15-9-4-10-16-21)22(28-18)17-19-11-5-2-6-12-19/h2-17H,1H3,(H2,26,27)/b22-17-. The van der Waals surface area contributed by atoms with Gasteiger partial charge < -0.3 is 10.5 Å². The number of benzene rings is 3. The molecule has 0 atom stereocenters. The SMILES string of the molecule is CC1=C(C(N)=O)C(c2ccccc2)(c2ccccc2)/C(=C/c2ccccc2)O1. The number of hydrogen-bond acceptors (Lipinski definition) is 2. The number of hydrogen-bond donors (Lipinski definition) is 1. The highest BCUT2D eigenvalue weighted by Gasteiger charge is 2.51. The zero-order valence-electron chi connectivity index (χ0n) is 15.6. The Morgan fingerprint density at radius 1 is 0.821 bits per heavy atom. The molecule has 0 spiro atoms. The highest BCUT2D eigenvalue weighted by molar-refractivity contribution is 5.99. The summed E-state index contributed by atoms with van der Waals surface area (Å²) >= 11 is 0. The minimum absolute atomic E-state index is 0.465. The van der Waals surface area contributed by atoms with Gasteiger partial charge in [-0.3, -0.25) is 4.79 Å². The van der Waals surface area contributed by atoms with E-state index in [9.17, 15) is 4.79 Å². The van der Waals surface area contributed by atoms with E-state index in [4.69, 9.17) is 10.5 Å². The summed E-state index contributed by atoms with van der Waals surface area (Å²) in [7, 11) is 0. The van der Waals surface area contributed by atoms with Crippen molar-refractivity contribution < 1.29 is 9.53 Å². The molecule has 138 valence electrons. The van der Waals surface area contributed by atoms with Crippen LogP contribution in [0.2, 0.25) is 0 Å². The second-order valence-electron chi connectivity index (χ2n) is 6.80. The molecule has 1 aliphatic rings. The first-order chi connectivity index (χ1) is 13.6. The first-order valence-electron chi connectivity index (χ1n) is 9.21. The van der Waals surface area contributed by atoms with Gasteiger partial charge >= 0.3 is 0 Å². The maximum atomic E-state index is 12.6. The number of rotatable bonds is 4. The summed E-state index contributed by atoms with van der Waals surface area (Å²) in [4.78, 5) is 12.6. The molecule has 3 aromatic rings. The van der Waals surface area contributed by atoms with Crippen molar-refractivity contribution in [2.45, 2.75) is 12.3 Å². The molecule has 0 radical (unpaired) electrons. The topological polar surface area (TPSA) is 52.3 Å². The predicted molar refractivity (Wildman–Crippen MR) is 111 cm³/mol. The van der Waals surface area contributed by atoms with Gasteiger partial charge in [0.2, 0.25) is 5.91 Å². The van der Waals surface area contributed by atoms with Gasteiger partial charge in [-0.2, -0.15) is 0 Å². The number of allylic oxidation sites excluding steroid dienone is 2. The predicted octanol–water partition coefficient (Wildman–Crippen LogP) is 4.80. The van der Waals surface area contributed by atoms with Crippen LogP contribution in [-0.4, -0.2) is 5.91 Å². The van der Waals surface area contributed by atoms with Crippen molar-refractivity contribution in [1.82, 2.24) is 0 Å². The molecule has 0 bridgehead atoms. The van der Waals surface area contributed by atoms with E-state index >= 15 is 0 Å². The fourth-order valence-corrected chi connectivity index (χ4v) is 3.99. The summed E-state index contributed by atoms with van der Waals surface area (Å²) in [6.45, 7) is 1.80. The second kappa shape index (κ2) is 7.20. The lowest BCUT2D eigenvalue weighted by Crippen LogP contribution is -2.36. The van der Waals surface area contributed by atoms with E-state index < -0.39 is 11.3 Å². The lowest BCUT2D eigenvalue weighted by molar-refractivity contribution is -0.115. The molecule has 2 N–H and O–H groups in total. The summed E-state index contributed by atoms with van der Waals surface area (Å²) in [5.74, 6) is 0.714. The Labute approximate surface area is 164 Å². The normalized spacial score (nSPS) is 16.8. The van der Waals surface area contributed by atoms with Crippen molar-refractivity contribution in [2.75, 3.05) is 0 Å². The molecule has 0 aliphatic carbocycles. The molecule has 0 fully saturated rings. The maximum absolute atomic E-state index is 12.6. The van der Waals surface area contributed by atoms with Crippen molar-refractivity contribution in [1.29, 1.82) is 0 Å². The van der Waals surface area contributed by atoms with E-state index in [0.29, 0.717) is 17.1 Å². The monoisotopic (exact) mass is 367 g/mol. The van der Waals surface area contributed by atoms with Gasteiger partial charge in [-0.25, -0.2) is 0 Å². The Morgan fingerprint density at radius 2 is 1.29 bits per heavy atom. The van der Waals surface area contributed by atoms with Crippen LogP contribution in [0.3, 0.4) is 0 Å². The smallest absolute Gasteiger partial charge is 0.249 e. The number of carbonyl (C=O) groups is 1. The molecule has 0 saturated carbocycles. The molecule has 28 heavy (non-hydrogen) atoms. The summed E-state index contributed by atoms with van der Waals surface area (Å²) in [5.41, 5.74) is 8.33. The van der Waals surface area contributed by atoms with E-state index in [1.165, 1.54) is 0 Å². The van der Waals surface area contributed by atoms with Crippen molar-refractivity contribution >= 4 is 12.0 Å². The molecule has 3 nitrogen and oxygen atoms in total. The zero-order chi connectivity index (χ0) is 19.6. The number of amides is 1. The maximum Gasteiger partial charge on any atom is 0.249 e. The molecule has 4 rings (SSSR count). The van der Waals surface area contributed by atoms with Gasteiger partial charge in [0.05, 0.1) is 5.57 Å². The third-order valence-corrected chi connectivity index (χ3v) is 5.12. The van der Waals surface area contributed by atoms with E-state index in [1.54, 1.807) is 6.92 Å². The Kier molecular flexibility index (Phi) is 4.58. The third-order valence-electron chi connectivity index (χ3n) is 5.12. The molecule has 3 heteroatoms. The van der Waals surface area contributed by atoms with E-state index in [2.05, 4.69) is 0 Å². The van der Waals surface area contributed by atoms with Gasteiger partial charge in [-0.15, -0.1) is 0 Å². The van der Waals surface area contributed by atoms with Crippen molar-refractivity contribution in [2.24, 2.45) is 5.73 Å². The highest BCUT2D eigenvalue weighted by Crippen LogP contribution is 2.52. The molecule has 0 aromatic heterocycles. The average molecular weight is 367 g/mol. The van der Waals surface area contributed by atoms with Crippen LogP contribution in [0.1, 0.15) is 23.6 Å². The Morgan fingerprint density at radius 3 is 1.75 bits per heavy atom. The molecule has 0 saturated heterocycles. The summed E-state index contributed by atoms with van der Waals surface area (Å²) in [5, 5.41) is 0. The summed E-state index contributed by atoms with van der Waals surface area (Å²) < 4.78 is 6.20. The van der Waals surface area contributed by atoms with Crippen LogP contribution in [0.15, 0.2) is 108 Å². The fraction of sp³-hybridized carbons (Fsp3) is 0.0800. The first-order valence-corrected chi connectivity index (χ1v) is 9.21. The minimum Gasteiger partial charge on any atom is -0.464 e. The number of nitrogens with two attached hydrogens (primary N) is 1. The minimum atomic E-state index is -0.895. The van der Waals surface area contributed by atoms with Crippen LogP contribution in [-0.2, 0) is 14.9 Å². The van der Waals surface area contributed by atoms with Crippen LogP contribution in [0.4, 0.5) is 0 Å². The van der Waals surface area contributed by atoms with E-state index in [-0.39, 0.29) is 0 Å². The summed E-state index contributed by atoms with van der Waals surface area (Å²) in [6, 6.07) is 29.8. The number of carbonyl (C=O) groups excluding carboxylic acids is 1. The molecular weight excluding hydrogens is 346 g/mol. The Hall–Kier alpha value is -3.59. The molecule has 1 aliphatic heterocycles. The lowest BCUT2D eigenvalue weighted by Gasteiger charge is -2.32. The van der Waals surface area contributed by atoms with E-state index in [1.807, 2.05) is 97.1 Å². The number of primary amides is 1. The van der Waals surface area contributed by atoms with Gasteiger partial charge in [0.25, 0.3) is 0 Å². The Balaban J connectivity index is 2.08. The van der Waals surface area contributed by atoms with Gasteiger partial charge in [0, 0.05) is 0 Å². The molecular formula is C25H21NO2. The molecule has 3 aromatic carbocycles. The second-order valence-corrected chi connectivity index (χ2v) is 6.80. The van der Waals surface area contributed by atoms with Crippen LogP contribution < -0.4 is 5.73 Å². The fourth-order valence-electron chi connectivity index (χ4n) is 3.99. The average Bonchev–Trinajstić information content (AvgIpc) is 3.02. The van der Waals surface area contributed by atoms with Gasteiger partial charge in [-0.05, 0) is 29.7 Å². The van der Waals surface area contributed by atoms with Crippen molar-refractivity contribution in [3.8, 4) is 0 Å². The van der Waals surface area contributed by atoms with Crippen LogP contribution in [0, 0.1) is 0 Å². The highest BCUT2D eigenvalue weighted by atomic mass is 16.5. The lowest BCUT2D eigenvalue weighted by atomic mass is 9.67. The van der Waals surface area contributed by atoms with Gasteiger partial charge in [0.1, 0.15) is 16.9 Å². The molecule has 1 heterocycles. The molecule has 1 amide bonds. The van der Waals surface area contributed by atoms with Crippen molar-refractivity contribution in [3.63, 3.8) is 0 Å². The van der Waals surface area contributed by atoms with Crippen LogP contribution >= 0.6 is 0 Å². The van der Waals surface area contributed by atoms with Gasteiger partial charge in [-0.1, -0.05) is 91.0 Å². The Bertz CT molecular complexity index is 1010. The van der Waals surface area contributed by atoms with E-state index in [0.717, 1.165) is 16.7 Å². The quantitative estimate of drug-likeness (QED) is 0.720. The summed E-state index contributed by atoms with van der Waals surface area (Å²) in [6.07, 6.45) is 1.99.